The molecular formula is C12H8F2O4S2. The predicted octanol–water partition coefficient (Wildman–Crippen LogP) is 2.67. The highest BCUT2D eigenvalue weighted by Gasteiger charge is 2.15. The topological polar surface area (TPSA) is 68.3 Å². The zero-order chi connectivity index (χ0) is 15.0. The summed E-state index contributed by atoms with van der Waals surface area (Å²) in [6.07, 6.45) is 0. The van der Waals surface area contributed by atoms with Crippen molar-refractivity contribution in [2.75, 3.05) is 0 Å². The van der Waals surface area contributed by atoms with Gasteiger partial charge in [-0.05, 0) is 35.4 Å². The molecular weight excluding hydrogens is 310 g/mol. The van der Waals surface area contributed by atoms with E-state index in [1.807, 2.05) is 0 Å². The van der Waals surface area contributed by atoms with E-state index in [-0.39, 0.29) is 11.1 Å². The SMILES string of the molecule is O=S(=O)(F)c1cccc(-c2cccc(S(=O)(=O)F)c2)c1. The van der Waals surface area contributed by atoms with E-state index in [0.29, 0.717) is 0 Å². The lowest BCUT2D eigenvalue weighted by Gasteiger charge is -2.04. The van der Waals surface area contributed by atoms with Crippen molar-refractivity contribution >= 4 is 20.4 Å². The molecule has 0 atom stereocenters. The molecule has 2 rings (SSSR count). The van der Waals surface area contributed by atoms with Crippen LogP contribution in [-0.4, -0.2) is 16.8 Å². The van der Waals surface area contributed by atoms with Crippen LogP contribution >= 0.6 is 0 Å². The largest absolute Gasteiger partial charge is 0.332 e. The fourth-order valence-corrected chi connectivity index (χ4v) is 2.67. The molecule has 0 saturated heterocycles. The van der Waals surface area contributed by atoms with Gasteiger partial charge < -0.3 is 0 Å². The first-order valence-electron chi connectivity index (χ1n) is 5.28. The van der Waals surface area contributed by atoms with Crippen LogP contribution in [0.4, 0.5) is 7.77 Å². The second-order valence-corrected chi connectivity index (χ2v) is 6.63. The summed E-state index contributed by atoms with van der Waals surface area (Å²) in [5, 5.41) is 0. The summed E-state index contributed by atoms with van der Waals surface area (Å²) >= 11 is 0. The molecule has 20 heavy (non-hydrogen) atoms. The molecule has 0 aromatic heterocycles. The molecule has 4 nitrogen and oxygen atoms in total. The molecule has 0 saturated carbocycles. The lowest BCUT2D eigenvalue weighted by molar-refractivity contribution is 0.550. The predicted molar refractivity (Wildman–Crippen MR) is 68.5 cm³/mol. The molecule has 0 bridgehead atoms. The van der Waals surface area contributed by atoms with Crippen molar-refractivity contribution in [1.82, 2.24) is 0 Å². The Labute approximate surface area is 115 Å². The zero-order valence-electron chi connectivity index (χ0n) is 9.82. The fourth-order valence-electron chi connectivity index (χ4n) is 1.65. The Morgan fingerprint density at radius 2 is 1.00 bits per heavy atom. The Bertz CT molecular complexity index is 785. The van der Waals surface area contributed by atoms with Gasteiger partial charge in [0.1, 0.15) is 0 Å². The van der Waals surface area contributed by atoms with Crippen LogP contribution in [0.5, 0.6) is 0 Å². The van der Waals surface area contributed by atoms with E-state index in [1.165, 1.54) is 24.3 Å². The molecule has 8 heteroatoms. The van der Waals surface area contributed by atoms with Crippen molar-refractivity contribution in [3.05, 3.63) is 48.5 Å². The van der Waals surface area contributed by atoms with Crippen molar-refractivity contribution in [1.29, 1.82) is 0 Å². The smallest absolute Gasteiger partial charge is 0.189 e. The van der Waals surface area contributed by atoms with Gasteiger partial charge in [-0.25, -0.2) is 0 Å². The van der Waals surface area contributed by atoms with Crippen LogP contribution in [0.15, 0.2) is 58.3 Å². The zero-order valence-corrected chi connectivity index (χ0v) is 11.5. The van der Waals surface area contributed by atoms with Gasteiger partial charge >= 0.3 is 20.4 Å². The van der Waals surface area contributed by atoms with E-state index in [2.05, 4.69) is 0 Å². The van der Waals surface area contributed by atoms with Crippen LogP contribution in [0, 0.1) is 0 Å². The Morgan fingerprint density at radius 3 is 1.30 bits per heavy atom. The number of benzene rings is 2. The Kier molecular flexibility index (Phi) is 3.61. The summed E-state index contributed by atoms with van der Waals surface area (Å²) in [6.45, 7) is 0. The van der Waals surface area contributed by atoms with Gasteiger partial charge in [0, 0.05) is 0 Å². The van der Waals surface area contributed by atoms with Crippen molar-refractivity contribution in [2.45, 2.75) is 9.79 Å². The van der Waals surface area contributed by atoms with Gasteiger partial charge in [-0.15, -0.1) is 7.77 Å². The second-order valence-electron chi connectivity index (χ2n) is 3.93. The van der Waals surface area contributed by atoms with E-state index in [0.717, 1.165) is 24.3 Å². The molecule has 0 heterocycles. The molecule has 0 fully saturated rings. The highest BCUT2D eigenvalue weighted by molar-refractivity contribution is 7.86. The normalized spacial score (nSPS) is 12.3. The summed E-state index contributed by atoms with van der Waals surface area (Å²) in [5.41, 5.74) is 0.517. The van der Waals surface area contributed by atoms with Gasteiger partial charge in [-0.1, -0.05) is 24.3 Å². The van der Waals surface area contributed by atoms with Crippen molar-refractivity contribution in [3.8, 4) is 11.1 Å². The van der Waals surface area contributed by atoms with Crippen LogP contribution in [0.2, 0.25) is 0 Å². The second kappa shape index (κ2) is 4.95. The third-order valence-corrected chi connectivity index (χ3v) is 4.20. The third kappa shape index (κ3) is 3.20. The Balaban J connectivity index is 2.58. The third-order valence-electron chi connectivity index (χ3n) is 2.56. The maximum Gasteiger partial charge on any atom is 0.332 e. The number of hydrogen-bond acceptors (Lipinski definition) is 4. The molecule has 0 radical (unpaired) electrons. The standard InChI is InChI=1S/C12H8F2O4S2/c13-19(15,16)11-5-1-3-9(7-11)10-4-2-6-12(8-10)20(14,17)18/h1-8H. The molecule has 2 aromatic carbocycles. The number of hydrogen-bond donors (Lipinski definition) is 0. The minimum absolute atomic E-state index is 0.259. The molecule has 0 aliphatic carbocycles. The van der Waals surface area contributed by atoms with E-state index in [1.54, 1.807) is 0 Å². The summed E-state index contributed by atoms with van der Waals surface area (Å²) < 4.78 is 69.1. The van der Waals surface area contributed by atoms with Crippen molar-refractivity contribution in [2.24, 2.45) is 0 Å². The van der Waals surface area contributed by atoms with Crippen molar-refractivity contribution < 1.29 is 24.6 Å². The monoisotopic (exact) mass is 318 g/mol. The molecule has 2 aromatic rings. The summed E-state index contributed by atoms with van der Waals surface area (Å²) in [5.74, 6) is 0. The highest BCUT2D eigenvalue weighted by Crippen LogP contribution is 2.26. The maximum atomic E-state index is 12.9. The van der Waals surface area contributed by atoms with Crippen LogP contribution in [0.3, 0.4) is 0 Å². The van der Waals surface area contributed by atoms with Crippen LogP contribution in [-0.2, 0) is 20.4 Å². The van der Waals surface area contributed by atoms with E-state index >= 15 is 0 Å². The first-order chi connectivity index (χ1) is 9.18. The molecule has 106 valence electrons. The highest BCUT2D eigenvalue weighted by atomic mass is 32.3. The summed E-state index contributed by atoms with van der Waals surface area (Å²) in [6, 6.07) is 9.73. The lowest BCUT2D eigenvalue weighted by Crippen LogP contribution is -1.94. The molecule has 0 N–H and O–H groups in total. The van der Waals surface area contributed by atoms with E-state index < -0.39 is 30.2 Å². The van der Waals surface area contributed by atoms with Crippen LogP contribution < -0.4 is 0 Å². The molecule has 0 aliphatic rings. The van der Waals surface area contributed by atoms with Crippen molar-refractivity contribution in [3.63, 3.8) is 0 Å². The van der Waals surface area contributed by atoms with Gasteiger partial charge in [0.05, 0.1) is 9.79 Å². The minimum atomic E-state index is -4.86. The molecule has 0 spiro atoms. The van der Waals surface area contributed by atoms with E-state index in [4.69, 9.17) is 0 Å². The first kappa shape index (κ1) is 14.6. The Hall–Kier alpha value is -1.80. The number of halogens is 2. The number of rotatable bonds is 3. The first-order valence-corrected chi connectivity index (χ1v) is 8.04. The molecule has 0 aliphatic heterocycles. The van der Waals surface area contributed by atoms with Crippen LogP contribution in [0.1, 0.15) is 0 Å². The van der Waals surface area contributed by atoms with E-state index in [9.17, 15) is 24.6 Å². The van der Waals surface area contributed by atoms with Gasteiger partial charge in [-0.3, -0.25) is 0 Å². The average Bonchev–Trinajstić information content (AvgIpc) is 2.37. The quantitative estimate of drug-likeness (QED) is 0.816. The lowest BCUT2D eigenvalue weighted by atomic mass is 10.1. The van der Waals surface area contributed by atoms with Gasteiger partial charge in [-0.2, -0.15) is 16.8 Å². The molecule has 0 amide bonds. The van der Waals surface area contributed by atoms with Gasteiger partial charge in [0.2, 0.25) is 0 Å². The fraction of sp³-hybridized carbons (Fsp3) is 0. The summed E-state index contributed by atoms with van der Waals surface area (Å²) in [7, 11) is -9.73. The minimum Gasteiger partial charge on any atom is -0.189 e. The molecule has 0 unspecified atom stereocenters. The maximum absolute atomic E-state index is 12.9. The van der Waals surface area contributed by atoms with Gasteiger partial charge in [0.25, 0.3) is 0 Å². The Morgan fingerprint density at radius 1 is 0.650 bits per heavy atom. The summed E-state index contributed by atoms with van der Waals surface area (Å²) in [4.78, 5) is -1.10. The van der Waals surface area contributed by atoms with Crippen LogP contribution in [0.25, 0.3) is 11.1 Å². The average molecular weight is 318 g/mol. The van der Waals surface area contributed by atoms with Gasteiger partial charge in [0.15, 0.2) is 0 Å².